The van der Waals surface area contributed by atoms with Gasteiger partial charge in [0.15, 0.2) is 5.82 Å². The summed E-state index contributed by atoms with van der Waals surface area (Å²) in [6.45, 7) is 11.1. The van der Waals surface area contributed by atoms with E-state index >= 15 is 0 Å². The van der Waals surface area contributed by atoms with Gasteiger partial charge in [-0.2, -0.15) is 0 Å². The first-order valence-corrected chi connectivity index (χ1v) is 10.0. The summed E-state index contributed by atoms with van der Waals surface area (Å²) in [4.78, 5) is 12.1. The van der Waals surface area contributed by atoms with Crippen molar-refractivity contribution in [2.75, 3.05) is 12.4 Å². The summed E-state index contributed by atoms with van der Waals surface area (Å²) < 4.78 is 7.12. The summed E-state index contributed by atoms with van der Waals surface area (Å²) in [5.74, 6) is 8.15. The second-order valence-electron chi connectivity index (χ2n) is 7.18. The Labute approximate surface area is 165 Å². The average Bonchev–Trinajstić information content (AvgIpc) is 2.98. The van der Waals surface area contributed by atoms with E-state index in [0.29, 0.717) is 29.4 Å². The van der Waals surface area contributed by atoms with Crippen LogP contribution in [-0.2, 0) is 11.4 Å². The van der Waals surface area contributed by atoms with Gasteiger partial charge in [-0.3, -0.25) is 4.79 Å². The molecule has 1 heterocycles. The van der Waals surface area contributed by atoms with Crippen LogP contribution in [0.3, 0.4) is 0 Å². The molecule has 148 valence electrons. The Morgan fingerprint density at radius 1 is 1.19 bits per heavy atom. The van der Waals surface area contributed by atoms with E-state index < -0.39 is 0 Å². The molecule has 0 spiro atoms. The summed E-state index contributed by atoms with van der Waals surface area (Å²) in [5.41, 5.74) is 1.26. The third-order valence-corrected chi connectivity index (χ3v) is 5.04. The molecule has 0 radical (unpaired) electrons. The minimum Gasteiger partial charge on any atom is -0.486 e. The topological polar surface area (TPSA) is 95.1 Å². The molecule has 0 fully saturated rings. The number of thioether (sulfide) groups is 1. The van der Waals surface area contributed by atoms with E-state index in [9.17, 15) is 4.79 Å². The van der Waals surface area contributed by atoms with Crippen LogP contribution in [-0.4, -0.2) is 32.6 Å². The Kier molecular flexibility index (Phi) is 7.53. The number of carbonyl (C=O) groups excluding carboxylic acids is 1. The number of aromatic nitrogens is 3. The minimum absolute atomic E-state index is 0.0419. The number of nitrogens with zero attached hydrogens (tertiary/aromatic N) is 3. The molecule has 3 N–H and O–H groups in total. The lowest BCUT2D eigenvalue weighted by atomic mass is 10.0. The number of benzene rings is 1. The molecule has 2 aromatic rings. The number of ether oxygens (including phenoxy) is 1. The van der Waals surface area contributed by atoms with Crippen molar-refractivity contribution >= 4 is 17.7 Å². The summed E-state index contributed by atoms with van der Waals surface area (Å²) in [7, 11) is 0. The van der Waals surface area contributed by atoms with Crippen molar-refractivity contribution in [3.05, 3.63) is 35.7 Å². The summed E-state index contributed by atoms with van der Waals surface area (Å²) in [5, 5.41) is 11.2. The molecule has 0 bridgehead atoms. The Balaban J connectivity index is 1.91. The third kappa shape index (κ3) is 6.16. The van der Waals surface area contributed by atoms with Gasteiger partial charge in [0, 0.05) is 6.54 Å². The number of hydrogen-bond donors (Lipinski definition) is 2. The molecule has 7 nitrogen and oxygen atoms in total. The quantitative estimate of drug-likeness (QED) is 0.504. The SMILES string of the molecule is CC(C)CNC(=O)[C@@H](C)Sc1nnc(COc2ccc(C(C)C)cc2)n1N. The number of rotatable bonds is 9. The van der Waals surface area contributed by atoms with Gasteiger partial charge in [0.1, 0.15) is 12.4 Å². The zero-order valence-corrected chi connectivity index (χ0v) is 17.4. The van der Waals surface area contributed by atoms with Crippen molar-refractivity contribution in [1.29, 1.82) is 0 Å². The number of carbonyl (C=O) groups is 1. The maximum absolute atomic E-state index is 12.1. The highest BCUT2D eigenvalue weighted by atomic mass is 32.2. The monoisotopic (exact) mass is 391 g/mol. The average molecular weight is 392 g/mol. The molecule has 0 saturated carbocycles. The lowest BCUT2D eigenvalue weighted by Gasteiger charge is -2.13. The fourth-order valence-corrected chi connectivity index (χ4v) is 3.06. The maximum Gasteiger partial charge on any atom is 0.233 e. The first-order valence-electron chi connectivity index (χ1n) is 9.14. The second-order valence-corrected chi connectivity index (χ2v) is 8.49. The van der Waals surface area contributed by atoms with Crippen molar-refractivity contribution in [3.8, 4) is 5.75 Å². The van der Waals surface area contributed by atoms with E-state index in [1.54, 1.807) is 0 Å². The Morgan fingerprint density at radius 3 is 2.44 bits per heavy atom. The van der Waals surface area contributed by atoms with Crippen molar-refractivity contribution in [3.63, 3.8) is 0 Å². The van der Waals surface area contributed by atoms with Gasteiger partial charge in [-0.05, 0) is 36.5 Å². The Bertz CT molecular complexity index is 743. The van der Waals surface area contributed by atoms with Gasteiger partial charge < -0.3 is 15.9 Å². The van der Waals surface area contributed by atoms with Crippen LogP contribution in [0, 0.1) is 5.92 Å². The van der Waals surface area contributed by atoms with E-state index in [0.717, 1.165) is 5.75 Å². The molecule has 1 amide bonds. The normalized spacial score (nSPS) is 12.4. The third-order valence-electron chi connectivity index (χ3n) is 3.99. The molecule has 8 heteroatoms. The van der Waals surface area contributed by atoms with Crippen molar-refractivity contribution in [1.82, 2.24) is 20.2 Å². The Hall–Kier alpha value is -2.22. The largest absolute Gasteiger partial charge is 0.486 e. The van der Waals surface area contributed by atoms with Crippen LogP contribution >= 0.6 is 11.8 Å². The summed E-state index contributed by atoms with van der Waals surface area (Å²) >= 11 is 1.27. The number of amides is 1. The molecule has 1 aromatic carbocycles. The van der Waals surface area contributed by atoms with E-state index in [2.05, 4.69) is 43.2 Å². The fourth-order valence-electron chi connectivity index (χ4n) is 2.24. The van der Waals surface area contributed by atoms with E-state index in [-0.39, 0.29) is 17.8 Å². The molecular weight excluding hydrogens is 362 g/mol. The zero-order valence-electron chi connectivity index (χ0n) is 16.6. The van der Waals surface area contributed by atoms with Gasteiger partial charge in [0.25, 0.3) is 0 Å². The molecule has 1 aromatic heterocycles. The molecule has 2 rings (SSSR count). The predicted molar refractivity (Wildman–Crippen MR) is 108 cm³/mol. The molecule has 1 atom stereocenters. The van der Waals surface area contributed by atoms with Gasteiger partial charge in [-0.1, -0.05) is 51.6 Å². The maximum atomic E-state index is 12.1. The van der Waals surface area contributed by atoms with Crippen LogP contribution < -0.4 is 15.9 Å². The highest BCUT2D eigenvalue weighted by molar-refractivity contribution is 8.00. The first kappa shape index (κ1) is 21.1. The van der Waals surface area contributed by atoms with Crippen LogP contribution in [0.1, 0.15) is 51.9 Å². The second kappa shape index (κ2) is 9.64. The van der Waals surface area contributed by atoms with E-state index in [1.807, 2.05) is 31.2 Å². The molecule has 0 aliphatic heterocycles. The van der Waals surface area contributed by atoms with Crippen molar-refractivity contribution in [2.24, 2.45) is 5.92 Å². The predicted octanol–water partition coefficient (Wildman–Crippen LogP) is 2.95. The van der Waals surface area contributed by atoms with Crippen molar-refractivity contribution in [2.45, 2.75) is 57.5 Å². The Morgan fingerprint density at radius 2 is 1.85 bits per heavy atom. The minimum atomic E-state index is -0.312. The van der Waals surface area contributed by atoms with Crippen molar-refractivity contribution < 1.29 is 9.53 Å². The van der Waals surface area contributed by atoms with Gasteiger partial charge >= 0.3 is 0 Å². The van der Waals surface area contributed by atoms with Crippen LogP contribution in [0.5, 0.6) is 5.75 Å². The standard InChI is InChI=1S/C19H29N5O2S/c1-12(2)10-21-18(25)14(5)27-19-23-22-17(24(19)20)11-26-16-8-6-15(7-9-16)13(3)4/h6-9,12-14H,10-11,20H2,1-5H3,(H,21,25)/t14-/m1/s1. The highest BCUT2D eigenvalue weighted by Gasteiger charge is 2.19. The molecule has 27 heavy (non-hydrogen) atoms. The fraction of sp³-hybridized carbons (Fsp3) is 0.526. The highest BCUT2D eigenvalue weighted by Crippen LogP contribution is 2.22. The van der Waals surface area contributed by atoms with Gasteiger partial charge in [0.05, 0.1) is 5.25 Å². The number of hydrogen-bond acceptors (Lipinski definition) is 6. The van der Waals surface area contributed by atoms with E-state index in [1.165, 1.54) is 22.0 Å². The first-order chi connectivity index (χ1) is 12.8. The molecule has 0 aliphatic carbocycles. The van der Waals surface area contributed by atoms with Gasteiger partial charge in [0.2, 0.25) is 11.1 Å². The molecular formula is C19H29N5O2S. The molecule has 0 unspecified atom stereocenters. The van der Waals surface area contributed by atoms with Gasteiger partial charge in [-0.25, -0.2) is 4.68 Å². The lowest BCUT2D eigenvalue weighted by molar-refractivity contribution is -0.120. The molecule has 0 saturated heterocycles. The zero-order chi connectivity index (χ0) is 20.0. The number of nitrogens with one attached hydrogen (secondary N) is 1. The van der Waals surface area contributed by atoms with Gasteiger partial charge in [-0.15, -0.1) is 10.2 Å². The van der Waals surface area contributed by atoms with E-state index in [4.69, 9.17) is 10.6 Å². The smallest absolute Gasteiger partial charge is 0.233 e. The summed E-state index contributed by atoms with van der Waals surface area (Å²) in [6.07, 6.45) is 0. The van der Waals surface area contributed by atoms with Crippen LogP contribution in [0.25, 0.3) is 0 Å². The van der Waals surface area contributed by atoms with Crippen LogP contribution in [0.2, 0.25) is 0 Å². The molecule has 0 aliphatic rings. The van der Waals surface area contributed by atoms with Crippen LogP contribution in [0.15, 0.2) is 29.4 Å². The van der Waals surface area contributed by atoms with Crippen LogP contribution in [0.4, 0.5) is 0 Å². The number of nitrogens with two attached hydrogens (primary N) is 1. The number of nitrogen functional groups attached to an aromatic ring is 1. The lowest BCUT2D eigenvalue weighted by Crippen LogP contribution is -2.33. The summed E-state index contributed by atoms with van der Waals surface area (Å²) in [6, 6.07) is 7.96.